The van der Waals surface area contributed by atoms with Gasteiger partial charge in [-0.25, -0.2) is 0 Å². The van der Waals surface area contributed by atoms with Gasteiger partial charge in [-0.1, -0.05) is 170 Å². The Balaban J connectivity index is 1.39. The standard InChI is InChI=1S/C50H35N/c1-3-11-36(12-4-1)38-21-28-45(29-22-38)51(46-30-23-39(24-31-46)44-20-19-37-13-7-8-17-43(37)35-44)47-32-25-42(26-33-47)50-48-18-10-9-16-41(48)27-34-49(50)40-14-5-2-6-15-40/h1-35H/i1D,3D,4D,11D,12D,21D,22D,23D,24D,25D,26D,28D,29D,30D,31D,32D,33D. The van der Waals surface area contributed by atoms with E-state index in [9.17, 15) is 16.4 Å². The minimum Gasteiger partial charge on any atom is -0.311 e. The van der Waals surface area contributed by atoms with Crippen LogP contribution >= 0.6 is 0 Å². The molecule has 51 heavy (non-hydrogen) atoms. The molecule has 0 amide bonds. The number of fused-ring (bicyclic) bond motifs is 2. The van der Waals surface area contributed by atoms with Crippen LogP contribution in [-0.4, -0.2) is 0 Å². The molecule has 0 aliphatic carbocycles. The minimum absolute atomic E-state index is 0.134. The normalized spacial score (nSPS) is 15.8. The molecule has 0 N–H and O–H groups in total. The second kappa shape index (κ2) is 13.3. The molecule has 0 aliphatic rings. The fourth-order valence-corrected chi connectivity index (χ4v) is 6.10. The number of hydrogen-bond acceptors (Lipinski definition) is 1. The van der Waals surface area contributed by atoms with Crippen molar-refractivity contribution in [3.05, 3.63) is 212 Å². The van der Waals surface area contributed by atoms with E-state index in [2.05, 4.69) is 0 Å². The Kier molecular flexibility index (Phi) is 4.51. The van der Waals surface area contributed by atoms with Crippen LogP contribution in [0.2, 0.25) is 0 Å². The van der Waals surface area contributed by atoms with Crippen LogP contribution in [0.25, 0.3) is 66.1 Å². The fourth-order valence-electron chi connectivity index (χ4n) is 6.10. The molecule has 0 heterocycles. The summed E-state index contributed by atoms with van der Waals surface area (Å²) in [5.41, 5.74) is -1.96. The molecule has 240 valence electrons. The SMILES string of the molecule is [2H]c1c([2H])c([2H])c(-c2c([2H])c([2H])c(N(c3c([2H])c([2H])c(-c4ccc5ccccc5c4)c([2H])c3[2H])c3c([2H])c([2H])c(-c4c(-c5ccccc5)ccc5ccccc45)c([2H])c3[2H])c([2H])c2[2H])c([2H])c1[2H]. The molecule has 0 atom stereocenters. The highest BCUT2D eigenvalue weighted by atomic mass is 15.1. The Morgan fingerprint density at radius 1 is 0.333 bits per heavy atom. The van der Waals surface area contributed by atoms with Gasteiger partial charge in [0.1, 0.15) is 0 Å². The molecule has 0 unspecified atom stereocenters. The zero-order valence-corrected chi connectivity index (χ0v) is 26.8. The Labute approximate surface area is 323 Å². The third kappa shape index (κ3) is 5.96. The van der Waals surface area contributed by atoms with E-state index in [0.717, 1.165) is 16.2 Å². The lowest BCUT2D eigenvalue weighted by Crippen LogP contribution is -2.09. The maximum absolute atomic E-state index is 9.71. The van der Waals surface area contributed by atoms with Crippen molar-refractivity contribution in [2.75, 3.05) is 4.90 Å². The maximum atomic E-state index is 9.71. The summed E-state index contributed by atoms with van der Waals surface area (Å²) in [6.45, 7) is 0. The number of hydrogen-bond donors (Lipinski definition) is 0. The minimum atomic E-state index is -0.982. The summed E-state index contributed by atoms with van der Waals surface area (Å²) in [7, 11) is 0. The molecule has 9 aromatic rings. The summed E-state index contributed by atoms with van der Waals surface area (Å²) in [4.78, 5) is 0.684. The quantitative estimate of drug-likeness (QED) is 0.164. The van der Waals surface area contributed by atoms with Gasteiger partial charge in [-0.05, 0) is 108 Å². The fraction of sp³-hybridized carbons (Fsp3) is 0. The van der Waals surface area contributed by atoms with Crippen LogP contribution < -0.4 is 4.90 Å². The van der Waals surface area contributed by atoms with Gasteiger partial charge in [-0.3, -0.25) is 0 Å². The smallest absolute Gasteiger partial charge is 0.0645 e. The zero-order chi connectivity index (χ0) is 48.8. The van der Waals surface area contributed by atoms with E-state index in [1.807, 2.05) is 72.8 Å². The van der Waals surface area contributed by atoms with E-state index < -0.39 is 131 Å². The van der Waals surface area contributed by atoms with Gasteiger partial charge in [0.15, 0.2) is 0 Å². The van der Waals surface area contributed by atoms with Crippen molar-refractivity contribution in [2.24, 2.45) is 0 Å². The molecule has 9 rings (SSSR count). The Morgan fingerprint density at radius 2 is 0.843 bits per heavy atom. The summed E-state index contributed by atoms with van der Waals surface area (Å²) in [5.74, 6) is 0. The summed E-state index contributed by atoms with van der Waals surface area (Å²) < 4.78 is 156. The van der Waals surface area contributed by atoms with E-state index >= 15 is 0 Å². The highest BCUT2D eigenvalue weighted by molar-refractivity contribution is 6.04. The second-order valence-corrected chi connectivity index (χ2v) is 11.6. The molecule has 0 fully saturated rings. The van der Waals surface area contributed by atoms with Crippen LogP contribution in [0.15, 0.2) is 212 Å². The third-order valence-corrected chi connectivity index (χ3v) is 8.56. The van der Waals surface area contributed by atoms with E-state index in [1.165, 1.54) is 0 Å². The van der Waals surface area contributed by atoms with Crippen LogP contribution in [0.4, 0.5) is 17.1 Å². The number of benzene rings is 9. The van der Waals surface area contributed by atoms with Gasteiger partial charge in [-0.15, -0.1) is 0 Å². The Hall–Kier alpha value is -6.70. The first kappa shape index (κ1) is 17.3. The van der Waals surface area contributed by atoms with Gasteiger partial charge in [0, 0.05) is 17.1 Å². The van der Waals surface area contributed by atoms with Crippen molar-refractivity contribution in [1.29, 1.82) is 0 Å². The second-order valence-electron chi connectivity index (χ2n) is 11.6. The lowest BCUT2D eigenvalue weighted by atomic mass is 9.89. The van der Waals surface area contributed by atoms with Crippen LogP contribution in [0.1, 0.15) is 23.3 Å². The predicted octanol–water partition coefficient (Wildman–Crippen LogP) is 14.1. The predicted molar refractivity (Wildman–Crippen MR) is 218 cm³/mol. The van der Waals surface area contributed by atoms with Crippen molar-refractivity contribution in [3.8, 4) is 44.5 Å². The van der Waals surface area contributed by atoms with Gasteiger partial charge in [0.25, 0.3) is 0 Å². The van der Waals surface area contributed by atoms with Crippen molar-refractivity contribution in [3.63, 3.8) is 0 Å². The lowest BCUT2D eigenvalue weighted by Gasteiger charge is -2.26. The molecule has 0 radical (unpaired) electrons. The van der Waals surface area contributed by atoms with Crippen LogP contribution in [0.3, 0.4) is 0 Å². The Bertz CT molecular complexity index is 3500. The van der Waals surface area contributed by atoms with Crippen molar-refractivity contribution < 1.29 is 23.3 Å². The van der Waals surface area contributed by atoms with Crippen molar-refractivity contribution >= 4 is 38.6 Å². The van der Waals surface area contributed by atoms with E-state index in [1.54, 1.807) is 36.4 Å². The van der Waals surface area contributed by atoms with E-state index in [0.29, 0.717) is 32.5 Å². The molecule has 9 aromatic carbocycles. The van der Waals surface area contributed by atoms with Gasteiger partial charge < -0.3 is 4.90 Å². The highest BCUT2D eigenvalue weighted by Gasteiger charge is 2.16. The molecule has 0 aliphatic heterocycles. The number of anilines is 3. The third-order valence-electron chi connectivity index (χ3n) is 8.56. The largest absolute Gasteiger partial charge is 0.311 e. The zero-order valence-electron chi connectivity index (χ0n) is 43.8. The molecule has 0 aromatic heterocycles. The van der Waals surface area contributed by atoms with Gasteiger partial charge >= 0.3 is 0 Å². The van der Waals surface area contributed by atoms with Crippen molar-refractivity contribution in [2.45, 2.75) is 0 Å². The summed E-state index contributed by atoms with van der Waals surface area (Å²) >= 11 is 0. The molecular weight excluding hydrogens is 615 g/mol. The first-order valence-electron chi connectivity index (χ1n) is 24.6. The van der Waals surface area contributed by atoms with Gasteiger partial charge in [0.05, 0.1) is 23.3 Å². The summed E-state index contributed by atoms with van der Waals surface area (Å²) in [5, 5.41) is 2.89. The number of nitrogens with zero attached hydrogens (tertiary/aromatic N) is 1. The van der Waals surface area contributed by atoms with Crippen molar-refractivity contribution in [1.82, 2.24) is 0 Å². The van der Waals surface area contributed by atoms with Crippen LogP contribution in [0.5, 0.6) is 0 Å². The average molecular weight is 667 g/mol. The molecule has 0 spiro atoms. The molecule has 0 bridgehead atoms. The van der Waals surface area contributed by atoms with E-state index in [-0.39, 0.29) is 11.1 Å². The van der Waals surface area contributed by atoms with E-state index in [4.69, 9.17) is 6.85 Å². The molecule has 1 nitrogen and oxygen atoms in total. The Morgan fingerprint density at radius 3 is 1.51 bits per heavy atom. The molecule has 0 saturated carbocycles. The molecule has 1 heteroatoms. The molecule has 0 saturated heterocycles. The lowest BCUT2D eigenvalue weighted by molar-refractivity contribution is 1.28. The monoisotopic (exact) mass is 666 g/mol. The first-order chi connectivity index (χ1) is 32.4. The topological polar surface area (TPSA) is 3.24 Å². The summed E-state index contributed by atoms with van der Waals surface area (Å²) in [6.07, 6.45) is 0. The maximum Gasteiger partial charge on any atom is 0.0645 e. The average Bonchev–Trinajstić information content (AvgIpc) is 3.34. The van der Waals surface area contributed by atoms with Gasteiger partial charge in [0.2, 0.25) is 0 Å². The van der Waals surface area contributed by atoms with Gasteiger partial charge in [-0.2, -0.15) is 0 Å². The molecular formula is C50H35N. The van der Waals surface area contributed by atoms with Crippen LogP contribution in [-0.2, 0) is 0 Å². The summed E-state index contributed by atoms with van der Waals surface area (Å²) in [6, 6.07) is 18.9. The van der Waals surface area contributed by atoms with Crippen LogP contribution in [0, 0.1) is 0 Å². The first-order valence-corrected chi connectivity index (χ1v) is 16.1. The number of rotatable bonds is 7. The highest BCUT2D eigenvalue weighted by Crippen LogP contribution is 2.41.